The number of nitrogens with one attached hydrogen (secondary N) is 1. The number of amides is 2. The molecule has 0 aliphatic heterocycles. The lowest BCUT2D eigenvalue weighted by atomic mass is 10.1. The van der Waals surface area contributed by atoms with Crippen molar-refractivity contribution in [3.63, 3.8) is 0 Å². The van der Waals surface area contributed by atoms with Crippen molar-refractivity contribution in [3.8, 4) is 0 Å². The largest absolute Gasteiger partial charge is 0.444 e. The SMILES string of the molecule is CC(C)(C)OC(=O)Nc1ccc2ccc(CN(C(=O)c3cccnc3)c3ccc(Br)cc3S(C)(=O)=O)cc2n1. The van der Waals surface area contributed by atoms with Crippen LogP contribution >= 0.6 is 15.9 Å². The number of carbonyl (C=O) groups is 2. The molecule has 0 saturated heterocycles. The molecule has 0 fully saturated rings. The van der Waals surface area contributed by atoms with Crippen molar-refractivity contribution in [2.75, 3.05) is 16.5 Å². The summed E-state index contributed by atoms with van der Waals surface area (Å²) in [5, 5.41) is 3.45. The number of hydrogen-bond acceptors (Lipinski definition) is 7. The van der Waals surface area contributed by atoms with Gasteiger partial charge in [0, 0.05) is 28.5 Å². The van der Waals surface area contributed by atoms with Gasteiger partial charge in [0.2, 0.25) is 0 Å². The van der Waals surface area contributed by atoms with E-state index in [9.17, 15) is 18.0 Å². The van der Waals surface area contributed by atoms with Gasteiger partial charge in [-0.05, 0) is 74.9 Å². The first-order valence-electron chi connectivity index (χ1n) is 11.9. The smallest absolute Gasteiger partial charge is 0.413 e. The first kappa shape index (κ1) is 28.2. The minimum absolute atomic E-state index is 0.0110. The molecule has 0 aliphatic rings. The normalized spacial score (nSPS) is 11.7. The minimum atomic E-state index is -3.68. The van der Waals surface area contributed by atoms with Gasteiger partial charge in [-0.15, -0.1) is 0 Å². The van der Waals surface area contributed by atoms with Gasteiger partial charge in [0.25, 0.3) is 5.91 Å². The Morgan fingerprint density at radius 3 is 2.46 bits per heavy atom. The second-order valence-corrected chi connectivity index (χ2v) is 12.8. The number of benzene rings is 2. The van der Waals surface area contributed by atoms with E-state index in [1.54, 1.807) is 63.4 Å². The minimum Gasteiger partial charge on any atom is -0.444 e. The Morgan fingerprint density at radius 1 is 1.05 bits per heavy atom. The van der Waals surface area contributed by atoms with Crippen molar-refractivity contribution in [1.29, 1.82) is 0 Å². The molecule has 39 heavy (non-hydrogen) atoms. The number of nitrogens with zero attached hydrogens (tertiary/aromatic N) is 3. The van der Waals surface area contributed by atoms with E-state index in [0.717, 1.165) is 11.6 Å². The molecule has 0 spiro atoms. The molecule has 4 aromatic rings. The van der Waals surface area contributed by atoms with Gasteiger partial charge in [0.15, 0.2) is 9.84 Å². The molecule has 0 atom stereocenters. The Kier molecular flexibility index (Phi) is 8.03. The third-order valence-electron chi connectivity index (χ3n) is 5.49. The molecular weight excluding hydrogens is 584 g/mol. The van der Waals surface area contributed by atoms with E-state index in [1.807, 2.05) is 18.2 Å². The number of anilines is 2. The zero-order valence-electron chi connectivity index (χ0n) is 21.8. The summed E-state index contributed by atoms with van der Waals surface area (Å²) in [6.07, 6.45) is 3.47. The summed E-state index contributed by atoms with van der Waals surface area (Å²) in [7, 11) is -3.68. The molecule has 1 N–H and O–H groups in total. The van der Waals surface area contributed by atoms with Gasteiger partial charge >= 0.3 is 6.09 Å². The maximum atomic E-state index is 13.7. The van der Waals surface area contributed by atoms with Crippen molar-refractivity contribution >= 4 is 60.2 Å². The zero-order valence-corrected chi connectivity index (χ0v) is 24.2. The summed E-state index contributed by atoms with van der Waals surface area (Å²) < 4.78 is 31.2. The summed E-state index contributed by atoms with van der Waals surface area (Å²) in [5.74, 6) is -0.104. The van der Waals surface area contributed by atoms with E-state index in [-0.39, 0.29) is 17.1 Å². The van der Waals surface area contributed by atoms with Crippen molar-refractivity contribution < 1.29 is 22.7 Å². The van der Waals surface area contributed by atoms with Gasteiger partial charge in [-0.1, -0.05) is 28.1 Å². The van der Waals surface area contributed by atoms with Crippen LogP contribution in [-0.4, -0.2) is 42.2 Å². The van der Waals surface area contributed by atoms with Crippen molar-refractivity contribution in [2.45, 2.75) is 37.8 Å². The summed E-state index contributed by atoms with van der Waals surface area (Å²) in [4.78, 5) is 35.9. The van der Waals surface area contributed by atoms with Crippen molar-refractivity contribution in [2.24, 2.45) is 0 Å². The highest BCUT2D eigenvalue weighted by molar-refractivity contribution is 9.10. The zero-order chi connectivity index (χ0) is 28.4. The van der Waals surface area contributed by atoms with E-state index in [4.69, 9.17) is 4.74 Å². The molecule has 2 aromatic carbocycles. The van der Waals surface area contributed by atoms with Crippen molar-refractivity contribution in [1.82, 2.24) is 9.97 Å². The number of aromatic nitrogens is 2. The highest BCUT2D eigenvalue weighted by Crippen LogP contribution is 2.31. The molecule has 0 saturated carbocycles. The quantitative estimate of drug-likeness (QED) is 0.285. The van der Waals surface area contributed by atoms with Crippen LogP contribution in [0.3, 0.4) is 0 Å². The number of ether oxygens (including phenoxy) is 1. The number of rotatable bonds is 6. The second kappa shape index (κ2) is 11.1. The number of fused-ring (bicyclic) bond motifs is 1. The van der Waals surface area contributed by atoms with E-state index >= 15 is 0 Å². The monoisotopic (exact) mass is 610 g/mol. The first-order valence-corrected chi connectivity index (χ1v) is 14.6. The number of halogens is 1. The predicted molar refractivity (Wildman–Crippen MR) is 154 cm³/mol. The molecule has 0 unspecified atom stereocenters. The maximum absolute atomic E-state index is 13.7. The lowest BCUT2D eigenvalue weighted by molar-refractivity contribution is 0.0635. The predicted octanol–water partition coefficient (Wildman–Crippen LogP) is 5.99. The lowest BCUT2D eigenvalue weighted by Crippen LogP contribution is -2.31. The van der Waals surface area contributed by atoms with Crippen LogP contribution in [0.4, 0.5) is 16.3 Å². The number of hydrogen-bond donors (Lipinski definition) is 1. The van der Waals surface area contributed by atoms with Crippen LogP contribution in [0.25, 0.3) is 10.9 Å². The molecule has 0 bridgehead atoms. The van der Waals surface area contributed by atoms with Gasteiger partial charge < -0.3 is 9.64 Å². The average molecular weight is 612 g/mol. The van der Waals surface area contributed by atoms with Crippen LogP contribution in [0, 0.1) is 0 Å². The van der Waals surface area contributed by atoms with Gasteiger partial charge in [-0.2, -0.15) is 0 Å². The fraction of sp³-hybridized carbons (Fsp3) is 0.214. The van der Waals surface area contributed by atoms with Crippen LogP contribution in [-0.2, 0) is 21.1 Å². The molecule has 202 valence electrons. The Hall–Kier alpha value is -3.83. The summed E-state index contributed by atoms with van der Waals surface area (Å²) in [6.45, 7) is 5.36. The highest BCUT2D eigenvalue weighted by atomic mass is 79.9. The van der Waals surface area contributed by atoms with Crippen LogP contribution in [0.5, 0.6) is 0 Å². The summed E-state index contributed by atoms with van der Waals surface area (Å²) >= 11 is 3.33. The van der Waals surface area contributed by atoms with Gasteiger partial charge in [0.05, 0.1) is 28.2 Å². The Morgan fingerprint density at radius 2 is 1.79 bits per heavy atom. The Balaban J connectivity index is 1.74. The van der Waals surface area contributed by atoms with Crippen LogP contribution in [0.1, 0.15) is 36.7 Å². The number of carbonyl (C=O) groups excluding carboxylic acids is 2. The molecule has 2 aromatic heterocycles. The van der Waals surface area contributed by atoms with E-state index < -0.39 is 27.4 Å². The topological polar surface area (TPSA) is 119 Å². The third kappa shape index (κ3) is 7.18. The third-order valence-corrected chi connectivity index (χ3v) is 7.11. The summed E-state index contributed by atoms with van der Waals surface area (Å²) in [5.41, 5.74) is 1.17. The van der Waals surface area contributed by atoms with E-state index in [1.165, 1.54) is 17.2 Å². The molecule has 9 nitrogen and oxygen atoms in total. The number of pyridine rings is 2. The standard InChI is InChI=1S/C28H27BrN4O5S/c1-28(2,3)38-27(35)32-25-12-9-19-8-7-18(14-22(19)31-25)17-33(26(34)20-6-5-13-30-16-20)23-11-10-21(29)15-24(23)39(4,36)37/h5-16H,17H2,1-4H3,(H,31,32,35). The van der Waals surface area contributed by atoms with E-state index in [0.29, 0.717) is 26.9 Å². The van der Waals surface area contributed by atoms with Crippen LogP contribution in [0.15, 0.2) is 82.4 Å². The lowest BCUT2D eigenvalue weighted by Gasteiger charge is -2.25. The molecule has 11 heteroatoms. The van der Waals surface area contributed by atoms with Crippen LogP contribution in [0.2, 0.25) is 0 Å². The van der Waals surface area contributed by atoms with Gasteiger partial charge in [-0.25, -0.2) is 18.2 Å². The second-order valence-electron chi connectivity index (χ2n) is 9.87. The number of sulfone groups is 1. The average Bonchev–Trinajstić information content (AvgIpc) is 2.85. The molecule has 0 radical (unpaired) electrons. The fourth-order valence-corrected chi connectivity index (χ4v) is 5.25. The molecule has 2 heterocycles. The van der Waals surface area contributed by atoms with Gasteiger partial charge in [-0.3, -0.25) is 15.1 Å². The first-order chi connectivity index (χ1) is 18.3. The van der Waals surface area contributed by atoms with E-state index in [2.05, 4.69) is 31.2 Å². The molecular formula is C28H27BrN4O5S. The molecule has 2 amide bonds. The van der Waals surface area contributed by atoms with Crippen LogP contribution < -0.4 is 10.2 Å². The fourth-order valence-electron chi connectivity index (χ4n) is 3.84. The van der Waals surface area contributed by atoms with Gasteiger partial charge in [0.1, 0.15) is 11.4 Å². The highest BCUT2D eigenvalue weighted by Gasteiger charge is 2.25. The maximum Gasteiger partial charge on any atom is 0.413 e. The molecule has 4 rings (SSSR count). The Labute approximate surface area is 235 Å². The molecule has 0 aliphatic carbocycles. The summed E-state index contributed by atoms with van der Waals surface area (Å²) in [6, 6.07) is 17.0. The Bertz CT molecular complexity index is 1650. The van der Waals surface area contributed by atoms with Crippen molar-refractivity contribution in [3.05, 3.63) is 88.7 Å².